The van der Waals surface area contributed by atoms with Gasteiger partial charge in [-0.2, -0.15) is 0 Å². The van der Waals surface area contributed by atoms with E-state index in [9.17, 15) is 13.2 Å². The summed E-state index contributed by atoms with van der Waals surface area (Å²) in [4.78, 5) is 0. The highest BCUT2D eigenvalue weighted by molar-refractivity contribution is 5.29. The largest absolute Gasteiger partial charge is 0.207 e. The van der Waals surface area contributed by atoms with Gasteiger partial charge in [-0.05, 0) is 73.3 Å². The molecule has 0 bridgehead atoms. The van der Waals surface area contributed by atoms with Crippen molar-refractivity contribution in [1.82, 2.24) is 0 Å². The summed E-state index contributed by atoms with van der Waals surface area (Å²) in [6, 6.07) is 3.28. The minimum atomic E-state index is -0.749. The Morgan fingerprint density at radius 3 is 2.32 bits per heavy atom. The van der Waals surface area contributed by atoms with Crippen molar-refractivity contribution < 1.29 is 13.2 Å². The molecule has 2 unspecified atom stereocenters. The fourth-order valence-corrected chi connectivity index (χ4v) is 2.57. The maximum Gasteiger partial charge on any atom is 0.162 e. The number of halogens is 3. The van der Waals surface area contributed by atoms with Gasteiger partial charge in [0.25, 0.3) is 0 Å². The topological polar surface area (TPSA) is 0 Å². The van der Waals surface area contributed by atoms with E-state index in [4.69, 9.17) is 0 Å². The molecule has 25 heavy (non-hydrogen) atoms. The van der Waals surface area contributed by atoms with E-state index >= 15 is 0 Å². The lowest BCUT2D eigenvalue weighted by Crippen LogP contribution is -2.05. The third kappa shape index (κ3) is 6.56. The first kappa shape index (κ1) is 21.3. The van der Waals surface area contributed by atoms with Crippen LogP contribution in [0, 0.1) is 30.4 Å². The van der Waals surface area contributed by atoms with Crippen LogP contribution in [-0.4, -0.2) is 0 Å². The molecule has 1 aromatic rings. The lowest BCUT2D eigenvalue weighted by atomic mass is 9.89. The molecule has 0 spiro atoms. The Hall–Kier alpha value is -1.77. The molecule has 0 aromatic heterocycles. The second kappa shape index (κ2) is 9.65. The predicted octanol–water partition coefficient (Wildman–Crippen LogP) is 7.24. The summed E-state index contributed by atoms with van der Waals surface area (Å²) in [5.74, 6) is -1.27. The van der Waals surface area contributed by atoms with Gasteiger partial charge in [-0.15, -0.1) is 0 Å². The fourth-order valence-electron chi connectivity index (χ4n) is 2.57. The van der Waals surface area contributed by atoms with Gasteiger partial charge in [0, 0.05) is 0 Å². The molecule has 0 heterocycles. The Balaban J connectivity index is 2.49. The minimum absolute atomic E-state index is 0.168. The van der Waals surface area contributed by atoms with Crippen LogP contribution in [0.15, 0.2) is 48.3 Å². The number of rotatable bonds is 9. The zero-order valence-corrected chi connectivity index (χ0v) is 15.8. The molecule has 0 aliphatic rings. The van der Waals surface area contributed by atoms with Gasteiger partial charge in [0.15, 0.2) is 11.6 Å². The first-order chi connectivity index (χ1) is 11.6. The SMILES string of the molecule is C=C(C)/C(F)=C\C(=C)C(C)CCC(C)CCc1ccc(C)c(F)c1F. The highest BCUT2D eigenvalue weighted by Crippen LogP contribution is 2.25. The second-order valence-electron chi connectivity index (χ2n) is 7.14. The number of hydrogen-bond donors (Lipinski definition) is 0. The quantitative estimate of drug-likeness (QED) is 0.412. The first-order valence-electron chi connectivity index (χ1n) is 8.78. The van der Waals surface area contributed by atoms with E-state index in [0.717, 1.165) is 24.8 Å². The summed E-state index contributed by atoms with van der Waals surface area (Å²) in [6.07, 6.45) is 4.56. The molecule has 0 fully saturated rings. The van der Waals surface area contributed by atoms with Gasteiger partial charge in [-0.1, -0.05) is 45.6 Å². The normalized spacial score (nSPS) is 14.3. The Labute approximate surface area is 150 Å². The van der Waals surface area contributed by atoms with E-state index in [0.29, 0.717) is 29.0 Å². The molecule has 1 aromatic carbocycles. The third-order valence-electron chi connectivity index (χ3n) is 4.71. The molecular weight excluding hydrogens is 321 g/mol. The van der Waals surface area contributed by atoms with Crippen LogP contribution in [0.5, 0.6) is 0 Å². The van der Waals surface area contributed by atoms with Gasteiger partial charge < -0.3 is 0 Å². The average molecular weight is 350 g/mol. The molecule has 138 valence electrons. The Bertz CT molecular complexity index is 655. The molecule has 0 radical (unpaired) electrons. The first-order valence-corrected chi connectivity index (χ1v) is 8.78. The van der Waals surface area contributed by atoms with E-state index in [2.05, 4.69) is 20.1 Å². The van der Waals surface area contributed by atoms with Gasteiger partial charge in [-0.3, -0.25) is 0 Å². The Kier molecular flexibility index (Phi) is 8.21. The number of hydrogen-bond acceptors (Lipinski definition) is 0. The van der Waals surface area contributed by atoms with Gasteiger partial charge in [0.2, 0.25) is 0 Å². The smallest absolute Gasteiger partial charge is 0.162 e. The number of aryl methyl sites for hydroxylation is 2. The fraction of sp³-hybridized carbons (Fsp3) is 0.455. The van der Waals surface area contributed by atoms with Crippen molar-refractivity contribution in [3.63, 3.8) is 0 Å². The second-order valence-corrected chi connectivity index (χ2v) is 7.14. The monoisotopic (exact) mass is 350 g/mol. The average Bonchev–Trinajstić information content (AvgIpc) is 2.56. The van der Waals surface area contributed by atoms with Crippen LogP contribution in [0.2, 0.25) is 0 Å². The molecule has 0 N–H and O–H groups in total. The van der Waals surface area contributed by atoms with E-state index in [1.165, 1.54) is 6.08 Å². The van der Waals surface area contributed by atoms with Crippen LogP contribution in [-0.2, 0) is 6.42 Å². The zero-order chi connectivity index (χ0) is 19.1. The molecule has 0 aliphatic carbocycles. The zero-order valence-electron chi connectivity index (χ0n) is 15.8. The van der Waals surface area contributed by atoms with Gasteiger partial charge in [0.1, 0.15) is 5.83 Å². The summed E-state index contributed by atoms with van der Waals surface area (Å²) in [6.45, 7) is 14.8. The van der Waals surface area contributed by atoms with Crippen molar-refractivity contribution in [2.24, 2.45) is 11.8 Å². The van der Waals surface area contributed by atoms with Crippen molar-refractivity contribution in [3.05, 3.63) is 71.1 Å². The summed E-state index contributed by atoms with van der Waals surface area (Å²) in [5.41, 5.74) is 1.91. The summed E-state index contributed by atoms with van der Waals surface area (Å²) < 4.78 is 41.1. The molecule has 0 nitrogen and oxygen atoms in total. The van der Waals surface area contributed by atoms with E-state index in [-0.39, 0.29) is 11.7 Å². The van der Waals surface area contributed by atoms with Crippen molar-refractivity contribution in [2.75, 3.05) is 0 Å². The molecule has 0 amide bonds. The maximum absolute atomic E-state index is 13.9. The third-order valence-corrected chi connectivity index (χ3v) is 4.71. The van der Waals surface area contributed by atoms with Crippen LogP contribution in [0.3, 0.4) is 0 Å². The van der Waals surface area contributed by atoms with Gasteiger partial charge >= 0.3 is 0 Å². The van der Waals surface area contributed by atoms with Crippen LogP contribution >= 0.6 is 0 Å². The molecule has 2 atom stereocenters. The minimum Gasteiger partial charge on any atom is -0.207 e. The molecule has 0 saturated heterocycles. The van der Waals surface area contributed by atoms with Gasteiger partial charge in [0.05, 0.1) is 0 Å². The van der Waals surface area contributed by atoms with Crippen LogP contribution in [0.25, 0.3) is 0 Å². The van der Waals surface area contributed by atoms with Gasteiger partial charge in [-0.25, -0.2) is 13.2 Å². The highest BCUT2D eigenvalue weighted by atomic mass is 19.2. The summed E-state index contributed by atoms with van der Waals surface area (Å²) >= 11 is 0. The molecule has 0 aliphatic heterocycles. The maximum atomic E-state index is 13.9. The molecule has 0 saturated carbocycles. The van der Waals surface area contributed by atoms with E-state index in [1.54, 1.807) is 26.0 Å². The molecular formula is C22H29F3. The van der Waals surface area contributed by atoms with Crippen molar-refractivity contribution in [3.8, 4) is 0 Å². The lowest BCUT2D eigenvalue weighted by molar-refractivity contribution is 0.431. The lowest BCUT2D eigenvalue weighted by Gasteiger charge is -2.16. The van der Waals surface area contributed by atoms with E-state index < -0.39 is 11.6 Å². The number of allylic oxidation sites excluding steroid dienone is 4. The summed E-state index contributed by atoms with van der Waals surface area (Å²) in [5, 5.41) is 0. The molecule has 3 heteroatoms. The van der Waals surface area contributed by atoms with E-state index in [1.807, 2.05) is 6.92 Å². The van der Waals surface area contributed by atoms with Crippen molar-refractivity contribution >= 4 is 0 Å². The Morgan fingerprint density at radius 1 is 1.08 bits per heavy atom. The van der Waals surface area contributed by atoms with Crippen molar-refractivity contribution in [2.45, 2.75) is 53.4 Å². The Morgan fingerprint density at radius 2 is 1.72 bits per heavy atom. The van der Waals surface area contributed by atoms with Crippen molar-refractivity contribution in [1.29, 1.82) is 0 Å². The van der Waals surface area contributed by atoms with Crippen LogP contribution in [0.4, 0.5) is 13.2 Å². The number of benzene rings is 1. The molecule has 1 rings (SSSR count). The standard InChI is InChI=1S/C22H29F3/c1-14(2)20(23)13-18(6)16(4)9-7-15(3)8-11-19-12-10-17(5)21(24)22(19)25/h10,12-13,15-16H,1,6-9,11H2,2-5H3/b20-13+. The van der Waals surface area contributed by atoms with Crippen LogP contribution < -0.4 is 0 Å². The highest BCUT2D eigenvalue weighted by Gasteiger charge is 2.13. The van der Waals surface area contributed by atoms with Crippen LogP contribution in [0.1, 0.15) is 51.2 Å². The summed E-state index contributed by atoms with van der Waals surface area (Å²) in [7, 11) is 0. The predicted molar refractivity (Wildman–Crippen MR) is 100 cm³/mol.